The van der Waals surface area contributed by atoms with Crippen molar-refractivity contribution in [2.45, 2.75) is 44.3 Å². The predicted octanol–water partition coefficient (Wildman–Crippen LogP) is 5.04. The maximum absolute atomic E-state index is 12.9. The summed E-state index contributed by atoms with van der Waals surface area (Å²) in [5, 5.41) is 12.9. The van der Waals surface area contributed by atoms with Crippen LogP contribution in [0.3, 0.4) is 0 Å². The monoisotopic (exact) mass is 525 g/mol. The molecule has 0 aliphatic heterocycles. The Balaban J connectivity index is 1.51. The smallest absolute Gasteiger partial charge is 0.341 e. The zero-order chi connectivity index (χ0) is 25.7. The average Bonchev–Trinajstić information content (AvgIpc) is 3.44. The van der Waals surface area contributed by atoms with E-state index in [1.165, 1.54) is 28.0 Å². The van der Waals surface area contributed by atoms with Gasteiger partial charge in [-0.3, -0.25) is 9.36 Å². The lowest BCUT2D eigenvalue weighted by molar-refractivity contribution is -0.113. The lowest BCUT2D eigenvalue weighted by atomic mass is 9.95. The van der Waals surface area contributed by atoms with Gasteiger partial charge in [-0.15, -0.1) is 28.1 Å². The largest absolute Gasteiger partial charge is 0.462 e. The van der Waals surface area contributed by atoms with Crippen molar-refractivity contribution in [3.05, 3.63) is 52.9 Å². The number of fused-ring (bicyclic) bond motifs is 1. The lowest BCUT2D eigenvalue weighted by Crippen LogP contribution is -2.17. The van der Waals surface area contributed by atoms with Crippen molar-refractivity contribution in [1.82, 2.24) is 14.8 Å². The Morgan fingerprint density at radius 1 is 1.28 bits per heavy atom. The van der Waals surface area contributed by atoms with Gasteiger partial charge in [0.25, 0.3) is 0 Å². The van der Waals surface area contributed by atoms with Gasteiger partial charge in [0, 0.05) is 36.8 Å². The van der Waals surface area contributed by atoms with Crippen LogP contribution in [0.15, 0.2) is 42.1 Å². The van der Waals surface area contributed by atoms with E-state index in [2.05, 4.69) is 28.2 Å². The molecule has 0 bridgehead atoms. The van der Waals surface area contributed by atoms with Gasteiger partial charge in [0.15, 0.2) is 11.0 Å². The second-order valence-corrected chi connectivity index (χ2v) is 10.7. The molecule has 0 radical (unpaired) electrons. The van der Waals surface area contributed by atoms with Gasteiger partial charge < -0.3 is 15.0 Å². The van der Waals surface area contributed by atoms with Crippen LogP contribution in [0, 0.1) is 0 Å². The number of aryl methyl sites for hydroxylation is 1. The summed E-state index contributed by atoms with van der Waals surface area (Å²) in [5.41, 5.74) is 3.55. The van der Waals surface area contributed by atoms with E-state index in [0.717, 1.165) is 48.3 Å². The van der Waals surface area contributed by atoms with Crippen LogP contribution in [0.5, 0.6) is 0 Å². The molecule has 1 aromatic carbocycles. The highest BCUT2D eigenvalue weighted by atomic mass is 32.2. The van der Waals surface area contributed by atoms with Crippen molar-refractivity contribution in [1.29, 1.82) is 0 Å². The highest BCUT2D eigenvalue weighted by molar-refractivity contribution is 7.99. The van der Waals surface area contributed by atoms with Crippen molar-refractivity contribution >= 4 is 45.7 Å². The summed E-state index contributed by atoms with van der Waals surface area (Å²) in [6.45, 7) is 6.47. The van der Waals surface area contributed by atoms with E-state index >= 15 is 0 Å². The SMILES string of the molecule is C=CCn1c(SCC(=O)Nc2sc3c(c2C(=O)OCC)CCCC3)nnc1-c1cccc(N(C)C)c1. The summed E-state index contributed by atoms with van der Waals surface area (Å²) < 4.78 is 7.24. The number of anilines is 2. The molecule has 1 aliphatic rings. The summed E-state index contributed by atoms with van der Waals surface area (Å²) in [7, 11) is 3.98. The zero-order valence-electron chi connectivity index (χ0n) is 20.9. The molecule has 36 heavy (non-hydrogen) atoms. The Kier molecular flexibility index (Phi) is 8.48. The first-order chi connectivity index (χ1) is 17.4. The van der Waals surface area contributed by atoms with Crippen molar-refractivity contribution < 1.29 is 14.3 Å². The molecule has 0 saturated heterocycles. The molecule has 10 heteroatoms. The molecule has 1 N–H and O–H groups in total. The van der Waals surface area contributed by atoms with Crippen LogP contribution in [0.25, 0.3) is 11.4 Å². The Morgan fingerprint density at radius 3 is 2.83 bits per heavy atom. The number of esters is 1. The van der Waals surface area contributed by atoms with E-state index in [1.54, 1.807) is 13.0 Å². The van der Waals surface area contributed by atoms with Crippen molar-refractivity contribution in [3.63, 3.8) is 0 Å². The number of benzene rings is 1. The topological polar surface area (TPSA) is 89.3 Å². The van der Waals surface area contributed by atoms with Crippen molar-refractivity contribution in [2.75, 3.05) is 36.7 Å². The molecular weight excluding hydrogens is 494 g/mol. The van der Waals surface area contributed by atoms with E-state index in [0.29, 0.717) is 28.9 Å². The Morgan fingerprint density at radius 2 is 2.08 bits per heavy atom. The van der Waals surface area contributed by atoms with E-state index in [-0.39, 0.29) is 17.6 Å². The van der Waals surface area contributed by atoms with Crippen LogP contribution in [0.2, 0.25) is 0 Å². The van der Waals surface area contributed by atoms with E-state index in [1.807, 2.05) is 41.8 Å². The predicted molar refractivity (Wildman–Crippen MR) is 146 cm³/mol. The molecule has 0 saturated carbocycles. The minimum atomic E-state index is -0.366. The number of aromatic nitrogens is 3. The number of thiophene rings is 1. The van der Waals surface area contributed by atoms with E-state index in [9.17, 15) is 9.59 Å². The maximum atomic E-state index is 12.9. The number of carbonyl (C=O) groups is 2. The lowest BCUT2D eigenvalue weighted by Gasteiger charge is -2.14. The molecule has 1 aliphatic carbocycles. The van der Waals surface area contributed by atoms with Gasteiger partial charge in [-0.25, -0.2) is 4.79 Å². The highest BCUT2D eigenvalue weighted by Crippen LogP contribution is 2.39. The summed E-state index contributed by atoms with van der Waals surface area (Å²) in [4.78, 5) is 28.8. The fourth-order valence-corrected chi connectivity index (χ4v) is 6.23. The number of amides is 1. The van der Waals surface area contributed by atoms with Gasteiger partial charge >= 0.3 is 5.97 Å². The number of rotatable bonds is 10. The highest BCUT2D eigenvalue weighted by Gasteiger charge is 2.27. The van der Waals surface area contributed by atoms with E-state index in [4.69, 9.17) is 4.74 Å². The summed E-state index contributed by atoms with van der Waals surface area (Å²) in [6, 6.07) is 8.07. The van der Waals surface area contributed by atoms with Crippen LogP contribution in [0.1, 0.15) is 40.6 Å². The van der Waals surface area contributed by atoms with Gasteiger partial charge in [0.05, 0.1) is 17.9 Å². The molecule has 8 nitrogen and oxygen atoms in total. The Labute approximate surface area is 219 Å². The second-order valence-electron chi connectivity index (χ2n) is 8.62. The minimum Gasteiger partial charge on any atom is -0.462 e. The number of hydrogen-bond donors (Lipinski definition) is 1. The number of thioether (sulfide) groups is 1. The van der Waals surface area contributed by atoms with Crippen molar-refractivity contribution in [2.24, 2.45) is 0 Å². The van der Waals surface area contributed by atoms with Crippen molar-refractivity contribution in [3.8, 4) is 11.4 Å². The molecule has 3 aromatic rings. The molecule has 190 valence electrons. The Hall–Kier alpha value is -3.11. The molecule has 0 fully saturated rings. The number of nitrogens with zero attached hydrogens (tertiary/aromatic N) is 4. The van der Waals surface area contributed by atoms with Crippen LogP contribution >= 0.6 is 23.1 Å². The maximum Gasteiger partial charge on any atom is 0.341 e. The third-order valence-electron chi connectivity index (χ3n) is 5.89. The van der Waals surface area contributed by atoms with Gasteiger partial charge in [-0.2, -0.15) is 0 Å². The van der Waals surface area contributed by atoms with Crippen LogP contribution in [0.4, 0.5) is 10.7 Å². The molecule has 0 unspecified atom stereocenters. The van der Waals surface area contributed by atoms with Crippen LogP contribution in [-0.4, -0.2) is 53.1 Å². The fraction of sp³-hybridized carbons (Fsp3) is 0.385. The van der Waals surface area contributed by atoms with Gasteiger partial charge in [0.2, 0.25) is 5.91 Å². The quantitative estimate of drug-likeness (QED) is 0.225. The van der Waals surface area contributed by atoms with Gasteiger partial charge in [0.1, 0.15) is 5.00 Å². The molecule has 4 rings (SSSR count). The third kappa shape index (κ3) is 5.65. The normalized spacial score (nSPS) is 12.6. The first kappa shape index (κ1) is 26.0. The number of carbonyl (C=O) groups excluding carboxylic acids is 2. The molecule has 1 amide bonds. The van der Waals surface area contributed by atoms with E-state index < -0.39 is 0 Å². The number of nitrogens with one attached hydrogen (secondary N) is 1. The molecule has 0 atom stereocenters. The fourth-order valence-electron chi connectivity index (χ4n) is 4.19. The second kappa shape index (κ2) is 11.7. The number of ether oxygens (including phenoxy) is 1. The Bertz CT molecular complexity index is 1260. The first-order valence-electron chi connectivity index (χ1n) is 12.0. The van der Waals surface area contributed by atoms with Crippen LogP contribution in [-0.2, 0) is 28.9 Å². The molecule has 0 spiro atoms. The zero-order valence-corrected chi connectivity index (χ0v) is 22.5. The number of hydrogen-bond acceptors (Lipinski definition) is 8. The third-order valence-corrected chi connectivity index (χ3v) is 8.06. The standard InChI is InChI=1S/C26H31N5O3S2/c1-5-14-31-23(17-10-9-11-18(15-17)30(3)4)28-29-26(31)35-16-21(32)27-24-22(25(33)34-6-2)19-12-7-8-13-20(19)36-24/h5,9-11,15H,1,6-8,12-14,16H2,2-4H3,(H,27,32). The summed E-state index contributed by atoms with van der Waals surface area (Å²) >= 11 is 2.80. The average molecular weight is 526 g/mol. The summed E-state index contributed by atoms with van der Waals surface area (Å²) in [5.74, 6) is 0.290. The summed E-state index contributed by atoms with van der Waals surface area (Å²) in [6.07, 6.45) is 5.69. The minimum absolute atomic E-state index is 0.137. The molecular formula is C26H31N5O3S2. The van der Waals surface area contributed by atoms with Crippen LogP contribution < -0.4 is 10.2 Å². The number of allylic oxidation sites excluding steroid dienone is 1. The first-order valence-corrected chi connectivity index (χ1v) is 13.8. The molecule has 2 aromatic heterocycles. The van der Waals surface area contributed by atoms with Gasteiger partial charge in [-0.05, 0) is 50.3 Å². The van der Waals surface area contributed by atoms with Gasteiger partial charge in [-0.1, -0.05) is 30.0 Å². The molecule has 2 heterocycles.